The Morgan fingerprint density at radius 2 is 1.79 bits per heavy atom. The zero-order valence-corrected chi connectivity index (χ0v) is 17.6. The topological polar surface area (TPSA) is 113 Å². The normalized spacial score (nSPS) is 38.4. The average molecular weight is 418 g/mol. The molecule has 0 aromatic heterocycles. The lowest BCUT2D eigenvalue weighted by Crippen LogP contribution is -2.39. The van der Waals surface area contributed by atoms with Crippen LogP contribution in [0.15, 0.2) is 0 Å². The van der Waals surface area contributed by atoms with Crippen LogP contribution in [0.1, 0.15) is 34.1 Å². The minimum absolute atomic E-state index is 0.0358. The van der Waals surface area contributed by atoms with Crippen molar-refractivity contribution in [2.45, 2.75) is 88.9 Å². The molecule has 2 fully saturated rings. The Bertz CT molecular complexity index is 538. The minimum atomic E-state index is -4.45. The molecule has 2 N–H and O–H groups in total. The fourth-order valence-electron chi connectivity index (χ4n) is 3.05. The summed E-state index contributed by atoms with van der Waals surface area (Å²) >= 11 is 0. The van der Waals surface area contributed by atoms with Crippen molar-refractivity contribution < 1.29 is 42.6 Å². The molecule has 0 aromatic carbocycles. The first-order valence-electron chi connectivity index (χ1n) is 9.41. The maximum absolute atomic E-state index is 12.4. The Kier molecular flexibility index (Phi) is 9.01. The summed E-state index contributed by atoms with van der Waals surface area (Å²) in [6.07, 6.45) is -4.04. The van der Waals surface area contributed by atoms with Gasteiger partial charge in [0.05, 0.1) is 31.5 Å². The van der Waals surface area contributed by atoms with Crippen molar-refractivity contribution in [3.05, 3.63) is 0 Å². The van der Waals surface area contributed by atoms with Crippen molar-refractivity contribution in [1.29, 1.82) is 0 Å². The fraction of sp³-hybridized carbons (Fsp3) is 1.00. The number of aliphatic hydroxyl groups is 1. The van der Waals surface area contributed by atoms with Gasteiger partial charge in [0.15, 0.2) is 0 Å². The summed E-state index contributed by atoms with van der Waals surface area (Å²) < 4.78 is 44.7. The van der Waals surface area contributed by atoms with E-state index in [9.17, 15) is 14.6 Å². The van der Waals surface area contributed by atoms with E-state index in [1.54, 1.807) is 13.8 Å². The largest absolute Gasteiger partial charge is 0.472 e. The molecule has 2 unspecified atom stereocenters. The molecule has 0 spiro atoms. The van der Waals surface area contributed by atoms with Crippen LogP contribution >= 0.6 is 7.82 Å². The third kappa shape index (κ3) is 7.07. The van der Waals surface area contributed by atoms with E-state index >= 15 is 0 Å². The summed E-state index contributed by atoms with van der Waals surface area (Å²) in [5, 5.41) is 10.1. The molecular weight excluding hydrogens is 389 g/mol. The number of hydrogen-bond donors (Lipinski definition) is 2. The van der Waals surface area contributed by atoms with E-state index in [1.165, 1.54) is 0 Å². The van der Waals surface area contributed by atoms with E-state index in [0.717, 1.165) is 0 Å². The molecule has 0 aromatic rings. The van der Waals surface area contributed by atoms with Crippen LogP contribution in [0.25, 0.3) is 0 Å². The highest BCUT2D eigenvalue weighted by Crippen LogP contribution is 2.47. The Morgan fingerprint density at radius 3 is 2.39 bits per heavy atom. The van der Waals surface area contributed by atoms with Gasteiger partial charge >= 0.3 is 7.82 Å². The van der Waals surface area contributed by atoms with Crippen LogP contribution in [0.3, 0.4) is 0 Å². The highest BCUT2D eigenvalue weighted by molar-refractivity contribution is 7.47. The Morgan fingerprint density at radius 1 is 1.11 bits per heavy atom. The van der Waals surface area contributed by atoms with Crippen LogP contribution in [0.5, 0.6) is 0 Å². The lowest BCUT2D eigenvalue weighted by Gasteiger charge is -2.25. The first kappa shape index (κ1) is 24.3. The second-order valence-electron chi connectivity index (χ2n) is 7.52. The second-order valence-corrected chi connectivity index (χ2v) is 8.92. The van der Waals surface area contributed by atoms with Crippen LogP contribution in [0.2, 0.25) is 0 Å². The van der Waals surface area contributed by atoms with E-state index in [2.05, 4.69) is 0 Å². The van der Waals surface area contributed by atoms with Crippen molar-refractivity contribution in [3.63, 3.8) is 0 Å². The third-order valence-electron chi connectivity index (χ3n) is 4.29. The molecule has 0 saturated carbocycles. The second kappa shape index (κ2) is 10.4. The molecule has 12 heteroatoms. The molecule has 2 rings (SSSR count). The Hall–Kier alpha value is 0.0399. The summed E-state index contributed by atoms with van der Waals surface area (Å²) in [5.41, 5.74) is 0. The van der Waals surface area contributed by atoms with Gasteiger partial charge in [0.25, 0.3) is 0 Å². The highest BCUT2D eigenvalue weighted by Gasteiger charge is 2.44. The van der Waals surface area contributed by atoms with Crippen molar-refractivity contribution in [2.24, 2.45) is 0 Å². The van der Waals surface area contributed by atoms with Crippen LogP contribution in [-0.4, -0.2) is 93.6 Å². The summed E-state index contributed by atoms with van der Waals surface area (Å²) in [7, 11) is 6.99. The molecule has 2 aliphatic heterocycles. The fourth-order valence-corrected chi connectivity index (χ4v) is 4.01. The molecule has 4 radical (unpaired) electrons. The van der Waals surface area contributed by atoms with E-state index in [4.69, 9.17) is 43.7 Å². The van der Waals surface area contributed by atoms with Crippen LogP contribution < -0.4 is 0 Å². The molecular formula is C16H29B2O9P. The van der Waals surface area contributed by atoms with E-state index in [1.807, 2.05) is 13.8 Å². The van der Waals surface area contributed by atoms with E-state index in [0.29, 0.717) is 0 Å². The standard InChI is InChI=1S/C16H29B2O9P/c1-8(2)22-6-11-10(5-13(17)25-11)27-28(20,21)23-7-12-15(24-9(3)4)14(19)16(18)26-12/h8-16,19H,5-7H2,1-4H3,(H,20,21)/t10-,11-,12-,13-,14?,15+,16-/m1/s1. The van der Waals surface area contributed by atoms with Crippen molar-refractivity contribution in [1.82, 2.24) is 0 Å². The Balaban J connectivity index is 1.90. The lowest BCUT2D eigenvalue weighted by atomic mass is 9.93. The predicted molar refractivity (Wildman–Crippen MR) is 101 cm³/mol. The van der Waals surface area contributed by atoms with E-state index < -0.39 is 50.3 Å². The third-order valence-corrected chi connectivity index (χ3v) is 5.31. The highest BCUT2D eigenvalue weighted by atomic mass is 31.2. The predicted octanol–water partition coefficient (Wildman–Crippen LogP) is 0.245. The first-order valence-corrected chi connectivity index (χ1v) is 10.9. The molecule has 0 aliphatic carbocycles. The molecule has 0 amide bonds. The summed E-state index contributed by atoms with van der Waals surface area (Å²) in [6, 6.07) is -1.60. The van der Waals surface area contributed by atoms with Crippen LogP contribution in [0, 0.1) is 0 Å². The molecule has 8 atom stereocenters. The van der Waals surface area contributed by atoms with Gasteiger partial charge in [-0.2, -0.15) is 0 Å². The number of ether oxygens (including phenoxy) is 4. The molecule has 28 heavy (non-hydrogen) atoms. The van der Waals surface area contributed by atoms with Crippen molar-refractivity contribution in [3.8, 4) is 0 Å². The average Bonchev–Trinajstić information content (AvgIpc) is 3.04. The number of phosphoric ester groups is 1. The maximum atomic E-state index is 12.4. The van der Waals surface area contributed by atoms with Gasteiger partial charge in [0, 0.05) is 12.0 Å². The van der Waals surface area contributed by atoms with Gasteiger partial charge in [-0.1, -0.05) is 0 Å². The van der Waals surface area contributed by atoms with Gasteiger partial charge in [-0.25, -0.2) is 4.57 Å². The first-order chi connectivity index (χ1) is 13.0. The van der Waals surface area contributed by atoms with Gasteiger partial charge in [0.2, 0.25) is 0 Å². The van der Waals surface area contributed by atoms with E-state index in [-0.39, 0.29) is 31.8 Å². The molecule has 0 bridgehead atoms. The quantitative estimate of drug-likeness (QED) is 0.381. The Labute approximate surface area is 168 Å². The van der Waals surface area contributed by atoms with Gasteiger partial charge in [-0.05, 0) is 34.1 Å². The number of hydrogen-bond acceptors (Lipinski definition) is 8. The van der Waals surface area contributed by atoms with Gasteiger partial charge in [-0.15, -0.1) is 0 Å². The van der Waals surface area contributed by atoms with Gasteiger partial charge in [-0.3, -0.25) is 9.05 Å². The monoisotopic (exact) mass is 418 g/mol. The lowest BCUT2D eigenvalue weighted by molar-refractivity contribution is -0.0796. The van der Waals surface area contributed by atoms with Crippen molar-refractivity contribution in [2.75, 3.05) is 13.2 Å². The molecule has 2 saturated heterocycles. The van der Waals surface area contributed by atoms with Crippen LogP contribution in [-0.2, 0) is 32.6 Å². The minimum Gasteiger partial charge on any atom is -0.388 e. The van der Waals surface area contributed by atoms with Crippen LogP contribution in [0.4, 0.5) is 0 Å². The number of rotatable bonds is 10. The molecule has 2 heterocycles. The maximum Gasteiger partial charge on any atom is 0.472 e. The smallest absolute Gasteiger partial charge is 0.388 e. The van der Waals surface area contributed by atoms with Gasteiger partial charge in [0.1, 0.15) is 40.1 Å². The SMILES string of the molecule is [B][C@@H]1O[C@H](COP(=O)(O)O[C@@H]2C[C@H]([B])O[C@@H]2COC(C)C)[C@H](OC(C)C)C1O. The summed E-state index contributed by atoms with van der Waals surface area (Å²) in [5.74, 6) is 0. The zero-order chi connectivity index (χ0) is 21.1. The molecule has 158 valence electrons. The zero-order valence-electron chi connectivity index (χ0n) is 16.7. The summed E-state index contributed by atoms with van der Waals surface area (Å²) in [6.45, 7) is 7.13. The van der Waals surface area contributed by atoms with Crippen molar-refractivity contribution >= 4 is 23.5 Å². The van der Waals surface area contributed by atoms with Gasteiger partial charge < -0.3 is 28.9 Å². The molecule has 9 nitrogen and oxygen atoms in total. The number of phosphoric acid groups is 1. The molecule has 2 aliphatic rings. The number of aliphatic hydroxyl groups excluding tert-OH is 1. The summed E-state index contributed by atoms with van der Waals surface area (Å²) in [4.78, 5) is 10.1.